The molecule has 0 aliphatic heterocycles. The summed E-state index contributed by atoms with van der Waals surface area (Å²) in [6.07, 6.45) is 7.01. The second-order valence-corrected chi connectivity index (χ2v) is 5.58. The molecular formula is C14H32. The monoisotopic (exact) mass is 200 g/mol. The van der Waals surface area contributed by atoms with Crippen LogP contribution in [0.5, 0.6) is 0 Å². The quantitative estimate of drug-likeness (QED) is 0.513. The maximum atomic E-state index is 2.26. The molecule has 0 saturated heterocycles. The Balaban J connectivity index is 0. The first kappa shape index (κ1) is 16.4. The van der Waals surface area contributed by atoms with E-state index in [1.54, 1.807) is 0 Å². The molecule has 0 rings (SSSR count). The molecule has 0 radical (unpaired) electrons. The number of hydrogen-bond donors (Lipinski definition) is 0. The van der Waals surface area contributed by atoms with Gasteiger partial charge in [0.1, 0.15) is 0 Å². The van der Waals surface area contributed by atoms with Gasteiger partial charge in [0.05, 0.1) is 0 Å². The highest BCUT2D eigenvalue weighted by molar-refractivity contribution is 4.64. The molecular weight excluding hydrogens is 168 g/mol. The van der Waals surface area contributed by atoms with Crippen LogP contribution in [0.3, 0.4) is 0 Å². The van der Waals surface area contributed by atoms with Gasteiger partial charge in [0.2, 0.25) is 0 Å². The lowest BCUT2D eigenvalue weighted by Gasteiger charge is -2.22. The number of unbranched alkanes of at least 4 members (excludes halogenated alkanes) is 4. The van der Waals surface area contributed by atoms with Crippen molar-refractivity contribution in [2.24, 2.45) is 11.3 Å². The zero-order valence-electron chi connectivity index (χ0n) is 11.6. The fourth-order valence-corrected chi connectivity index (χ4v) is 0.677. The number of rotatable bonds is 4. The molecule has 0 saturated carbocycles. The highest BCUT2D eigenvalue weighted by atomic mass is 14.2. The van der Waals surface area contributed by atoms with Crippen molar-refractivity contribution in [2.75, 3.05) is 0 Å². The van der Waals surface area contributed by atoms with E-state index in [-0.39, 0.29) is 0 Å². The topological polar surface area (TPSA) is 0 Å². The summed E-state index contributed by atoms with van der Waals surface area (Å²) >= 11 is 0. The van der Waals surface area contributed by atoms with Gasteiger partial charge in [-0.1, -0.05) is 80.6 Å². The van der Waals surface area contributed by atoms with E-state index in [2.05, 4.69) is 48.5 Å². The van der Waals surface area contributed by atoms with Gasteiger partial charge >= 0.3 is 0 Å². The molecule has 0 N–H and O–H groups in total. The van der Waals surface area contributed by atoms with Gasteiger partial charge in [-0.2, -0.15) is 0 Å². The fourth-order valence-electron chi connectivity index (χ4n) is 0.677. The van der Waals surface area contributed by atoms with Crippen molar-refractivity contribution in [2.45, 2.75) is 80.6 Å². The number of hydrogen-bond acceptors (Lipinski definition) is 0. The zero-order chi connectivity index (χ0) is 11.6. The van der Waals surface area contributed by atoms with E-state index in [1.807, 2.05) is 0 Å². The third kappa shape index (κ3) is 14.5. The highest BCUT2D eigenvalue weighted by Gasteiger charge is 2.13. The molecule has 0 aliphatic rings. The molecule has 0 heterocycles. The third-order valence-corrected chi connectivity index (χ3v) is 2.94. The summed E-state index contributed by atoms with van der Waals surface area (Å²) in [5.74, 6) is 0.799. The minimum Gasteiger partial charge on any atom is -0.0654 e. The van der Waals surface area contributed by atoms with E-state index < -0.39 is 0 Å². The smallest absolute Gasteiger partial charge is 0.0360 e. The molecule has 0 atom stereocenters. The molecule has 0 amide bonds. The molecule has 0 fully saturated rings. The molecule has 0 aliphatic carbocycles. The molecule has 0 unspecified atom stereocenters. The minimum atomic E-state index is 0.500. The van der Waals surface area contributed by atoms with Crippen LogP contribution in [0.15, 0.2) is 0 Å². The van der Waals surface area contributed by atoms with E-state index >= 15 is 0 Å². The Morgan fingerprint density at radius 2 is 1.07 bits per heavy atom. The van der Waals surface area contributed by atoms with Gasteiger partial charge in [-0.05, 0) is 11.3 Å². The van der Waals surface area contributed by atoms with Gasteiger partial charge in [0, 0.05) is 0 Å². The summed E-state index contributed by atoms with van der Waals surface area (Å²) < 4.78 is 0. The van der Waals surface area contributed by atoms with Crippen LogP contribution < -0.4 is 0 Å². The summed E-state index contributed by atoms with van der Waals surface area (Å²) in [6.45, 7) is 15.8. The average Bonchev–Trinajstić information content (AvgIpc) is 2.05. The second kappa shape index (κ2) is 9.55. The van der Waals surface area contributed by atoms with Crippen molar-refractivity contribution >= 4 is 0 Å². The third-order valence-electron chi connectivity index (χ3n) is 2.94. The molecule has 14 heavy (non-hydrogen) atoms. The molecule has 0 aromatic carbocycles. The summed E-state index contributed by atoms with van der Waals surface area (Å²) in [5, 5.41) is 0. The van der Waals surface area contributed by atoms with Gasteiger partial charge in [-0.15, -0.1) is 0 Å². The van der Waals surface area contributed by atoms with Crippen LogP contribution in [0.4, 0.5) is 0 Å². The molecule has 0 aromatic rings. The van der Waals surface area contributed by atoms with Crippen LogP contribution in [0, 0.1) is 11.3 Å². The lowest BCUT2D eigenvalue weighted by atomic mass is 9.84. The van der Waals surface area contributed by atoms with Gasteiger partial charge in [0.25, 0.3) is 0 Å². The Labute approximate surface area is 92.5 Å². The summed E-state index contributed by atoms with van der Waals surface area (Å²) in [4.78, 5) is 0. The van der Waals surface area contributed by atoms with Crippen molar-refractivity contribution in [3.8, 4) is 0 Å². The molecule has 0 nitrogen and oxygen atoms in total. The largest absolute Gasteiger partial charge is 0.0654 e. The van der Waals surface area contributed by atoms with Crippen molar-refractivity contribution in [3.63, 3.8) is 0 Å². The molecule has 0 heteroatoms. The summed E-state index contributed by atoms with van der Waals surface area (Å²) in [6, 6.07) is 0. The predicted molar refractivity (Wildman–Crippen MR) is 68.7 cm³/mol. The van der Waals surface area contributed by atoms with Gasteiger partial charge < -0.3 is 0 Å². The summed E-state index contributed by atoms with van der Waals surface area (Å²) in [5.41, 5.74) is 0.500. The van der Waals surface area contributed by atoms with E-state index in [0.717, 1.165) is 5.92 Å². The maximum absolute atomic E-state index is 2.26. The van der Waals surface area contributed by atoms with Crippen LogP contribution in [-0.4, -0.2) is 0 Å². The van der Waals surface area contributed by atoms with Crippen LogP contribution in [0.1, 0.15) is 80.6 Å². The standard InChI is InChI=1S/2C7H16/c1-6(2)7(3,4)5;1-3-5-7-6-4-2/h6H,1-5H3;3-7H2,1-2H3. The van der Waals surface area contributed by atoms with Gasteiger partial charge in [0.15, 0.2) is 0 Å². The first-order valence-corrected chi connectivity index (χ1v) is 6.36. The van der Waals surface area contributed by atoms with E-state index in [1.165, 1.54) is 32.1 Å². The Morgan fingerprint density at radius 1 is 0.786 bits per heavy atom. The van der Waals surface area contributed by atoms with Gasteiger partial charge in [-0.3, -0.25) is 0 Å². The van der Waals surface area contributed by atoms with Crippen molar-refractivity contribution in [3.05, 3.63) is 0 Å². The van der Waals surface area contributed by atoms with Crippen LogP contribution >= 0.6 is 0 Å². The Morgan fingerprint density at radius 3 is 1.21 bits per heavy atom. The van der Waals surface area contributed by atoms with Gasteiger partial charge in [-0.25, -0.2) is 0 Å². The Bertz CT molecular complexity index is 91.1. The van der Waals surface area contributed by atoms with Crippen molar-refractivity contribution < 1.29 is 0 Å². The molecule has 0 bridgehead atoms. The maximum Gasteiger partial charge on any atom is -0.0360 e. The first-order valence-electron chi connectivity index (χ1n) is 6.36. The molecule has 0 aromatic heterocycles. The lowest BCUT2D eigenvalue weighted by Crippen LogP contribution is -2.12. The van der Waals surface area contributed by atoms with Crippen molar-refractivity contribution in [1.29, 1.82) is 0 Å². The van der Waals surface area contributed by atoms with Crippen molar-refractivity contribution in [1.82, 2.24) is 0 Å². The Hall–Kier alpha value is 0. The Kier molecular flexibility index (Phi) is 11.2. The zero-order valence-corrected chi connectivity index (χ0v) is 11.6. The second-order valence-electron chi connectivity index (χ2n) is 5.58. The summed E-state index contributed by atoms with van der Waals surface area (Å²) in [7, 11) is 0. The highest BCUT2D eigenvalue weighted by Crippen LogP contribution is 2.23. The van der Waals surface area contributed by atoms with Crippen LogP contribution in [-0.2, 0) is 0 Å². The van der Waals surface area contributed by atoms with E-state index in [0.29, 0.717) is 5.41 Å². The SMILES string of the molecule is CC(C)C(C)(C)C.CCCCCCC. The average molecular weight is 200 g/mol. The van der Waals surface area contributed by atoms with Crippen LogP contribution in [0.2, 0.25) is 0 Å². The van der Waals surface area contributed by atoms with E-state index in [4.69, 9.17) is 0 Å². The lowest BCUT2D eigenvalue weighted by molar-refractivity contribution is 0.283. The fraction of sp³-hybridized carbons (Fsp3) is 1.00. The first-order chi connectivity index (χ1) is 6.36. The molecule has 88 valence electrons. The van der Waals surface area contributed by atoms with Crippen LogP contribution in [0.25, 0.3) is 0 Å². The minimum absolute atomic E-state index is 0.500. The molecule has 0 spiro atoms. The normalized spacial score (nSPS) is 11.1. The van der Waals surface area contributed by atoms with E-state index in [9.17, 15) is 0 Å². The predicted octanol–water partition coefficient (Wildman–Crippen LogP) is 5.67.